The number of Topliss-reactive ketones (excluding diaryl/α,β-unsaturated/α-hetero) is 2. The number of rotatable bonds is 12. The minimum absolute atomic E-state index is 0.0117. The van der Waals surface area contributed by atoms with Gasteiger partial charge in [0.1, 0.15) is 17.7 Å². The number of amides is 1. The minimum atomic E-state index is -0.372. The number of epoxide rings is 1. The Morgan fingerprint density at radius 2 is 1.81 bits per heavy atom. The number of hydrogen-bond donors (Lipinski definition) is 1. The van der Waals surface area contributed by atoms with E-state index < -0.39 is 0 Å². The molecular weight excluding hydrogens is 450 g/mol. The lowest BCUT2D eigenvalue weighted by atomic mass is 9.85. The number of ether oxygens (including phenoxy) is 1. The molecule has 4 rings (SSSR count). The van der Waals surface area contributed by atoms with Gasteiger partial charge >= 0.3 is 0 Å². The van der Waals surface area contributed by atoms with Crippen molar-refractivity contribution in [1.82, 2.24) is 5.32 Å². The Morgan fingerprint density at radius 1 is 1.08 bits per heavy atom. The van der Waals surface area contributed by atoms with Gasteiger partial charge in [-0.1, -0.05) is 63.2 Å². The molecule has 2 aromatic carbocycles. The van der Waals surface area contributed by atoms with Crippen molar-refractivity contribution in [3.63, 3.8) is 0 Å². The van der Waals surface area contributed by atoms with Gasteiger partial charge in [-0.25, -0.2) is 0 Å². The molecule has 6 atom stereocenters. The molecule has 2 aliphatic rings. The van der Waals surface area contributed by atoms with E-state index in [2.05, 4.69) is 43.4 Å². The molecule has 5 nitrogen and oxygen atoms in total. The first-order chi connectivity index (χ1) is 17.2. The third-order valence-corrected chi connectivity index (χ3v) is 7.98. The summed E-state index contributed by atoms with van der Waals surface area (Å²) in [5.74, 6) is 0.124. The molecule has 2 unspecified atom stereocenters. The van der Waals surface area contributed by atoms with Gasteiger partial charge in [0.25, 0.3) is 0 Å². The van der Waals surface area contributed by atoms with E-state index in [-0.39, 0.29) is 54.1 Å². The molecule has 194 valence electrons. The van der Waals surface area contributed by atoms with Crippen molar-refractivity contribution in [2.45, 2.75) is 90.9 Å². The van der Waals surface area contributed by atoms with E-state index in [1.54, 1.807) is 0 Å². The molecule has 1 aliphatic carbocycles. The van der Waals surface area contributed by atoms with E-state index in [9.17, 15) is 14.4 Å². The average molecular weight is 492 g/mol. The predicted molar refractivity (Wildman–Crippen MR) is 143 cm³/mol. The summed E-state index contributed by atoms with van der Waals surface area (Å²) in [5.41, 5.74) is 1.17. The second-order valence-electron chi connectivity index (χ2n) is 11.5. The van der Waals surface area contributed by atoms with Crippen molar-refractivity contribution in [3.05, 3.63) is 48.0 Å². The summed E-state index contributed by atoms with van der Waals surface area (Å²) in [6.45, 7) is 8.16. The molecule has 2 fully saturated rings. The molecular formula is C31H41NO4. The summed E-state index contributed by atoms with van der Waals surface area (Å²) in [5, 5.41) is 5.57. The first kappa shape index (κ1) is 26.5. The lowest BCUT2D eigenvalue weighted by Crippen LogP contribution is -2.45. The summed E-state index contributed by atoms with van der Waals surface area (Å²) < 4.78 is 5.71. The third-order valence-electron chi connectivity index (χ3n) is 7.98. The van der Waals surface area contributed by atoms with Crippen molar-refractivity contribution < 1.29 is 19.1 Å². The van der Waals surface area contributed by atoms with Crippen LogP contribution in [-0.2, 0) is 25.5 Å². The summed E-state index contributed by atoms with van der Waals surface area (Å²) >= 11 is 0. The van der Waals surface area contributed by atoms with Crippen LogP contribution < -0.4 is 5.32 Å². The molecule has 1 N–H and O–H groups in total. The Balaban J connectivity index is 1.41. The van der Waals surface area contributed by atoms with Crippen molar-refractivity contribution >= 4 is 28.2 Å². The van der Waals surface area contributed by atoms with Gasteiger partial charge in [0.05, 0.1) is 12.1 Å². The Bertz CT molecular complexity index is 1090. The molecule has 1 saturated heterocycles. The molecule has 1 heterocycles. The molecule has 0 aromatic heterocycles. The van der Waals surface area contributed by atoms with Gasteiger partial charge in [-0.05, 0) is 61.3 Å². The van der Waals surface area contributed by atoms with Crippen LogP contribution in [0.4, 0.5) is 0 Å². The van der Waals surface area contributed by atoms with Gasteiger partial charge in [0, 0.05) is 30.6 Å². The van der Waals surface area contributed by atoms with Gasteiger partial charge < -0.3 is 10.1 Å². The summed E-state index contributed by atoms with van der Waals surface area (Å²) in [6.07, 6.45) is 4.73. The fraction of sp³-hybridized carbons (Fsp3) is 0.581. The fourth-order valence-electron chi connectivity index (χ4n) is 5.85. The highest BCUT2D eigenvalue weighted by molar-refractivity contribution is 5.90. The zero-order chi connectivity index (χ0) is 25.8. The van der Waals surface area contributed by atoms with Gasteiger partial charge in [-0.2, -0.15) is 0 Å². The maximum atomic E-state index is 13.5. The normalized spacial score (nSPS) is 24.0. The van der Waals surface area contributed by atoms with Crippen LogP contribution in [-0.4, -0.2) is 35.7 Å². The fourth-order valence-corrected chi connectivity index (χ4v) is 5.85. The zero-order valence-electron chi connectivity index (χ0n) is 22.2. The molecule has 1 aliphatic heterocycles. The highest BCUT2D eigenvalue weighted by Crippen LogP contribution is 2.33. The summed E-state index contributed by atoms with van der Waals surface area (Å²) in [6, 6.07) is 14.3. The second kappa shape index (κ2) is 11.7. The molecule has 1 saturated carbocycles. The molecule has 5 heteroatoms. The van der Waals surface area contributed by atoms with Crippen LogP contribution >= 0.6 is 0 Å². The van der Waals surface area contributed by atoms with Gasteiger partial charge in [0.2, 0.25) is 5.91 Å². The standard InChI is InChI=1S/C31H41NO4/c1-19(2)15-25(31(35)32-27(30-21(4)36-30)17-24-12-8-14-28(24)33)18-29(34)20(3)16-23-11-7-10-22-9-5-6-13-26(22)23/h5-7,9-11,13,19-21,24-25,27,30H,8,12,14-18H2,1-4H3,(H,32,35)/t20-,21?,24-,25+,27-,30?/m0/s1. The number of benzene rings is 2. The van der Waals surface area contributed by atoms with Crippen molar-refractivity contribution in [2.75, 3.05) is 0 Å². The number of hydrogen-bond acceptors (Lipinski definition) is 4. The lowest BCUT2D eigenvalue weighted by Gasteiger charge is -2.25. The van der Waals surface area contributed by atoms with E-state index in [1.165, 1.54) is 16.3 Å². The first-order valence-electron chi connectivity index (χ1n) is 13.7. The number of nitrogens with one attached hydrogen (secondary N) is 1. The molecule has 0 spiro atoms. The quantitative estimate of drug-likeness (QED) is 0.388. The molecule has 2 aromatic rings. The van der Waals surface area contributed by atoms with E-state index in [0.29, 0.717) is 37.4 Å². The largest absolute Gasteiger partial charge is 0.368 e. The SMILES string of the molecule is CC(C)C[C@H](CC(=O)[C@@H](C)Cc1cccc2ccccc12)C(=O)N[C@@H](C[C@@H]1CCCC1=O)C1OC1C. The van der Waals surface area contributed by atoms with Crippen LogP contribution in [0.25, 0.3) is 10.8 Å². The van der Waals surface area contributed by atoms with E-state index in [0.717, 1.165) is 12.8 Å². The van der Waals surface area contributed by atoms with E-state index >= 15 is 0 Å². The summed E-state index contributed by atoms with van der Waals surface area (Å²) in [7, 11) is 0. The Hall–Kier alpha value is -2.53. The Kier molecular flexibility index (Phi) is 8.61. The van der Waals surface area contributed by atoms with Crippen LogP contribution in [0, 0.1) is 23.7 Å². The molecule has 36 heavy (non-hydrogen) atoms. The van der Waals surface area contributed by atoms with E-state index in [1.807, 2.05) is 32.0 Å². The number of ketones is 2. The van der Waals surface area contributed by atoms with Crippen molar-refractivity contribution in [1.29, 1.82) is 0 Å². The predicted octanol–water partition coefficient (Wildman–Crippen LogP) is 5.67. The first-order valence-corrected chi connectivity index (χ1v) is 13.7. The smallest absolute Gasteiger partial charge is 0.223 e. The topological polar surface area (TPSA) is 75.8 Å². The zero-order valence-corrected chi connectivity index (χ0v) is 22.2. The maximum absolute atomic E-state index is 13.5. The average Bonchev–Trinajstić information content (AvgIpc) is 3.44. The second-order valence-corrected chi connectivity index (χ2v) is 11.5. The highest BCUT2D eigenvalue weighted by Gasteiger charge is 2.44. The van der Waals surface area contributed by atoms with Crippen LogP contribution in [0.15, 0.2) is 42.5 Å². The van der Waals surface area contributed by atoms with Gasteiger partial charge in [0.15, 0.2) is 0 Å². The van der Waals surface area contributed by atoms with Crippen molar-refractivity contribution in [3.8, 4) is 0 Å². The number of carbonyl (C=O) groups is 3. The highest BCUT2D eigenvalue weighted by atomic mass is 16.6. The minimum Gasteiger partial charge on any atom is -0.368 e. The van der Waals surface area contributed by atoms with Crippen molar-refractivity contribution in [2.24, 2.45) is 23.7 Å². The number of fused-ring (bicyclic) bond motifs is 1. The number of carbonyl (C=O) groups excluding carboxylic acids is 3. The maximum Gasteiger partial charge on any atom is 0.223 e. The molecule has 1 amide bonds. The van der Waals surface area contributed by atoms with E-state index in [4.69, 9.17) is 4.74 Å². The lowest BCUT2D eigenvalue weighted by molar-refractivity contribution is -0.132. The Morgan fingerprint density at radius 3 is 2.47 bits per heavy atom. The molecule has 0 bridgehead atoms. The van der Waals surface area contributed by atoms with Crippen LogP contribution in [0.5, 0.6) is 0 Å². The third kappa shape index (κ3) is 6.61. The summed E-state index contributed by atoms with van der Waals surface area (Å²) in [4.78, 5) is 39.1. The van der Waals surface area contributed by atoms with Gasteiger partial charge in [-0.15, -0.1) is 0 Å². The van der Waals surface area contributed by atoms with Crippen LogP contribution in [0.3, 0.4) is 0 Å². The van der Waals surface area contributed by atoms with Crippen LogP contribution in [0.1, 0.15) is 71.8 Å². The molecule has 0 radical (unpaired) electrons. The Labute approximate surface area is 215 Å². The van der Waals surface area contributed by atoms with Gasteiger partial charge in [-0.3, -0.25) is 14.4 Å². The van der Waals surface area contributed by atoms with Crippen LogP contribution in [0.2, 0.25) is 0 Å². The monoisotopic (exact) mass is 491 g/mol.